The van der Waals surface area contributed by atoms with E-state index in [0.29, 0.717) is 6.61 Å². The Bertz CT molecular complexity index is 244. The van der Waals surface area contributed by atoms with E-state index in [4.69, 9.17) is 4.74 Å². The van der Waals surface area contributed by atoms with Crippen LogP contribution < -0.4 is 0 Å². The summed E-state index contributed by atoms with van der Waals surface area (Å²) in [5.74, 6) is -0.0425. The van der Waals surface area contributed by atoms with Crippen molar-refractivity contribution in [3.63, 3.8) is 0 Å². The van der Waals surface area contributed by atoms with Gasteiger partial charge in [-0.2, -0.15) is 0 Å². The first-order valence-electron chi connectivity index (χ1n) is 5.36. The lowest BCUT2D eigenvalue weighted by molar-refractivity contribution is -0.156. The van der Waals surface area contributed by atoms with Gasteiger partial charge >= 0.3 is 0 Å². The summed E-state index contributed by atoms with van der Waals surface area (Å²) in [5, 5.41) is 9.21. The van der Waals surface area contributed by atoms with E-state index in [1.807, 2.05) is 20.8 Å². The number of rotatable bonds is 3. The van der Waals surface area contributed by atoms with Gasteiger partial charge in [0.25, 0.3) is 5.91 Å². The zero-order chi connectivity index (χ0) is 11.7. The van der Waals surface area contributed by atoms with Crippen LogP contribution in [0.3, 0.4) is 0 Å². The lowest BCUT2D eigenvalue weighted by atomic mass is 9.97. The monoisotopic (exact) mass is 215 g/mol. The first-order valence-corrected chi connectivity index (χ1v) is 5.36. The van der Waals surface area contributed by atoms with Gasteiger partial charge in [-0.25, -0.2) is 0 Å². The van der Waals surface area contributed by atoms with E-state index >= 15 is 0 Å². The molecule has 4 heteroatoms. The van der Waals surface area contributed by atoms with Crippen LogP contribution in [-0.4, -0.2) is 47.3 Å². The fraction of sp³-hybridized carbons (Fsp3) is 0.909. The number of amides is 1. The number of ether oxygens (including phenoxy) is 1. The summed E-state index contributed by atoms with van der Waals surface area (Å²) in [4.78, 5) is 13.7. The van der Waals surface area contributed by atoms with Crippen LogP contribution in [0.1, 0.15) is 33.6 Å². The fourth-order valence-electron chi connectivity index (χ4n) is 1.68. The Morgan fingerprint density at radius 3 is 2.60 bits per heavy atom. The van der Waals surface area contributed by atoms with E-state index in [9.17, 15) is 9.90 Å². The molecule has 88 valence electrons. The summed E-state index contributed by atoms with van der Waals surface area (Å²) in [7, 11) is 1.71. The molecule has 0 aromatic carbocycles. The van der Waals surface area contributed by atoms with E-state index in [1.165, 1.54) is 0 Å². The summed E-state index contributed by atoms with van der Waals surface area (Å²) in [6, 6.07) is 0. The number of hydrogen-bond donors (Lipinski definition) is 1. The number of likely N-dealkylation sites (N-methyl/N-ethyl adjacent to an activating group) is 1. The van der Waals surface area contributed by atoms with Crippen LogP contribution in [-0.2, 0) is 9.53 Å². The van der Waals surface area contributed by atoms with E-state index in [-0.39, 0.29) is 12.5 Å². The molecule has 1 saturated heterocycles. The molecule has 1 aliphatic heterocycles. The molecule has 1 fully saturated rings. The molecule has 0 aromatic heterocycles. The molecule has 0 aromatic rings. The summed E-state index contributed by atoms with van der Waals surface area (Å²) in [6.45, 7) is 6.10. The Balaban J connectivity index is 2.76. The van der Waals surface area contributed by atoms with Crippen molar-refractivity contribution in [2.45, 2.75) is 44.8 Å². The van der Waals surface area contributed by atoms with Crippen LogP contribution in [0.4, 0.5) is 0 Å². The molecule has 1 atom stereocenters. The van der Waals surface area contributed by atoms with Crippen molar-refractivity contribution in [1.29, 1.82) is 0 Å². The second-order valence-electron chi connectivity index (χ2n) is 5.02. The van der Waals surface area contributed by atoms with Crippen LogP contribution >= 0.6 is 0 Å². The van der Waals surface area contributed by atoms with Crippen LogP contribution in [0, 0.1) is 0 Å². The highest BCUT2D eigenvalue weighted by atomic mass is 16.5. The third-order valence-corrected chi connectivity index (χ3v) is 3.27. The van der Waals surface area contributed by atoms with Crippen LogP contribution in [0.15, 0.2) is 0 Å². The van der Waals surface area contributed by atoms with Crippen molar-refractivity contribution < 1.29 is 14.6 Å². The third-order valence-electron chi connectivity index (χ3n) is 3.27. The standard InChI is InChI=1S/C11H21NO3/c1-10(2,8-13)12(4)9(14)11(3)6-5-7-15-11/h13H,5-8H2,1-4H3. The summed E-state index contributed by atoms with van der Waals surface area (Å²) >= 11 is 0. The molecule has 0 saturated carbocycles. The molecule has 1 amide bonds. The molecule has 0 radical (unpaired) electrons. The van der Waals surface area contributed by atoms with E-state index < -0.39 is 11.1 Å². The molecule has 0 bridgehead atoms. The molecular formula is C11H21NO3. The van der Waals surface area contributed by atoms with Gasteiger partial charge in [0.1, 0.15) is 5.60 Å². The number of hydrogen-bond acceptors (Lipinski definition) is 3. The third kappa shape index (κ3) is 2.32. The average Bonchev–Trinajstić information content (AvgIpc) is 2.64. The molecule has 1 aliphatic rings. The highest BCUT2D eigenvalue weighted by Gasteiger charge is 2.42. The van der Waals surface area contributed by atoms with Crippen molar-refractivity contribution in [2.75, 3.05) is 20.3 Å². The van der Waals surface area contributed by atoms with Crippen LogP contribution in [0.25, 0.3) is 0 Å². The molecule has 1 unspecified atom stereocenters. The van der Waals surface area contributed by atoms with Gasteiger partial charge in [0.15, 0.2) is 0 Å². The largest absolute Gasteiger partial charge is 0.394 e. The predicted octanol–water partition coefficient (Wildman–Crippen LogP) is 0.785. The number of carbonyl (C=O) groups excluding carboxylic acids is 1. The molecule has 0 aliphatic carbocycles. The van der Waals surface area contributed by atoms with Gasteiger partial charge in [-0.05, 0) is 33.6 Å². The van der Waals surface area contributed by atoms with Gasteiger partial charge in [-0.3, -0.25) is 4.79 Å². The van der Waals surface area contributed by atoms with Gasteiger partial charge in [0.05, 0.1) is 12.1 Å². The zero-order valence-electron chi connectivity index (χ0n) is 10.0. The highest BCUT2D eigenvalue weighted by molar-refractivity contribution is 5.85. The number of carbonyl (C=O) groups is 1. The summed E-state index contributed by atoms with van der Waals surface area (Å²) in [6.07, 6.45) is 1.69. The van der Waals surface area contributed by atoms with Crippen molar-refractivity contribution in [3.8, 4) is 0 Å². The molecule has 0 spiro atoms. The molecule has 4 nitrogen and oxygen atoms in total. The number of aliphatic hydroxyl groups excluding tert-OH is 1. The first-order chi connectivity index (χ1) is 6.83. The fourth-order valence-corrected chi connectivity index (χ4v) is 1.68. The normalized spacial score (nSPS) is 26.7. The van der Waals surface area contributed by atoms with E-state index in [2.05, 4.69) is 0 Å². The maximum Gasteiger partial charge on any atom is 0.254 e. The van der Waals surface area contributed by atoms with Gasteiger partial charge in [0.2, 0.25) is 0 Å². The summed E-state index contributed by atoms with van der Waals surface area (Å²) < 4.78 is 5.49. The van der Waals surface area contributed by atoms with Crippen molar-refractivity contribution >= 4 is 5.91 Å². The van der Waals surface area contributed by atoms with Crippen LogP contribution in [0.5, 0.6) is 0 Å². The Morgan fingerprint density at radius 2 is 2.20 bits per heavy atom. The predicted molar refractivity (Wildman–Crippen MR) is 57.5 cm³/mol. The van der Waals surface area contributed by atoms with Gasteiger partial charge in [-0.1, -0.05) is 0 Å². The number of nitrogens with zero attached hydrogens (tertiary/aromatic N) is 1. The maximum absolute atomic E-state index is 12.2. The Kier molecular flexibility index (Phi) is 3.41. The van der Waals surface area contributed by atoms with E-state index in [0.717, 1.165) is 12.8 Å². The van der Waals surface area contributed by atoms with E-state index in [1.54, 1.807) is 11.9 Å². The first kappa shape index (κ1) is 12.5. The molecule has 1 rings (SSSR count). The maximum atomic E-state index is 12.2. The molecule has 15 heavy (non-hydrogen) atoms. The topological polar surface area (TPSA) is 49.8 Å². The van der Waals surface area contributed by atoms with Crippen molar-refractivity contribution in [3.05, 3.63) is 0 Å². The van der Waals surface area contributed by atoms with Gasteiger partial charge in [-0.15, -0.1) is 0 Å². The van der Waals surface area contributed by atoms with Gasteiger partial charge < -0.3 is 14.7 Å². The number of aliphatic hydroxyl groups is 1. The SMILES string of the molecule is CN(C(=O)C1(C)CCCO1)C(C)(C)CO. The minimum atomic E-state index is -0.693. The van der Waals surface area contributed by atoms with Crippen molar-refractivity contribution in [2.24, 2.45) is 0 Å². The zero-order valence-corrected chi connectivity index (χ0v) is 10.0. The quantitative estimate of drug-likeness (QED) is 0.757. The smallest absolute Gasteiger partial charge is 0.254 e. The minimum Gasteiger partial charge on any atom is -0.394 e. The Morgan fingerprint density at radius 1 is 1.60 bits per heavy atom. The second-order valence-corrected chi connectivity index (χ2v) is 5.02. The average molecular weight is 215 g/mol. The van der Waals surface area contributed by atoms with Crippen molar-refractivity contribution in [1.82, 2.24) is 4.90 Å². The summed E-state index contributed by atoms with van der Waals surface area (Å²) in [5.41, 5.74) is -1.23. The second kappa shape index (κ2) is 4.10. The molecule has 1 heterocycles. The van der Waals surface area contributed by atoms with Crippen LogP contribution in [0.2, 0.25) is 0 Å². The lowest BCUT2D eigenvalue weighted by Gasteiger charge is -2.38. The lowest BCUT2D eigenvalue weighted by Crippen LogP contribution is -2.55. The Labute approximate surface area is 91.2 Å². The molecule has 1 N–H and O–H groups in total. The Hall–Kier alpha value is -0.610. The minimum absolute atomic E-state index is 0.0425. The molecular weight excluding hydrogens is 194 g/mol. The highest BCUT2D eigenvalue weighted by Crippen LogP contribution is 2.29. The van der Waals surface area contributed by atoms with Gasteiger partial charge in [0, 0.05) is 13.7 Å².